The Morgan fingerprint density at radius 1 is 1.39 bits per heavy atom. The number of amides is 1. The third-order valence-electron chi connectivity index (χ3n) is 3.47. The predicted molar refractivity (Wildman–Crippen MR) is 90.9 cm³/mol. The number of hydrogen-bond acceptors (Lipinski definition) is 3. The first-order chi connectivity index (χ1) is 10.6. The summed E-state index contributed by atoms with van der Waals surface area (Å²) in [5.41, 5.74) is 7.81. The molecule has 5 nitrogen and oxygen atoms in total. The molecule has 0 atom stereocenters. The molecule has 3 N–H and O–H groups in total. The number of aromatic amines is 1. The van der Waals surface area contributed by atoms with Crippen LogP contribution in [0.2, 0.25) is 0 Å². The highest BCUT2D eigenvalue weighted by molar-refractivity contribution is 5.85. The van der Waals surface area contributed by atoms with E-state index in [0.29, 0.717) is 19.5 Å². The lowest BCUT2D eigenvalue weighted by molar-refractivity contribution is -0.129. The first kappa shape index (κ1) is 19.1. The Morgan fingerprint density at radius 3 is 2.87 bits per heavy atom. The van der Waals surface area contributed by atoms with E-state index in [2.05, 4.69) is 10.2 Å². The van der Waals surface area contributed by atoms with Crippen LogP contribution < -0.4 is 5.73 Å². The number of carbonyl (C=O) groups excluding carboxylic acids is 1. The van der Waals surface area contributed by atoms with Gasteiger partial charge in [0, 0.05) is 37.8 Å². The molecule has 7 heteroatoms. The molecule has 0 fully saturated rings. The summed E-state index contributed by atoms with van der Waals surface area (Å²) >= 11 is 0. The summed E-state index contributed by atoms with van der Waals surface area (Å²) in [6.07, 6.45) is 1.99. The fourth-order valence-corrected chi connectivity index (χ4v) is 2.23. The first-order valence-electron chi connectivity index (χ1n) is 7.34. The summed E-state index contributed by atoms with van der Waals surface area (Å²) in [6, 6.07) is 8.26. The lowest BCUT2D eigenvalue weighted by atomic mass is 10.1. The van der Waals surface area contributed by atoms with E-state index in [-0.39, 0.29) is 24.1 Å². The van der Waals surface area contributed by atoms with Crippen molar-refractivity contribution in [2.24, 2.45) is 5.73 Å². The van der Waals surface area contributed by atoms with Crippen LogP contribution in [0.15, 0.2) is 30.3 Å². The molecule has 1 heterocycles. The second-order valence-corrected chi connectivity index (χ2v) is 5.25. The molecule has 0 saturated heterocycles. The van der Waals surface area contributed by atoms with Crippen LogP contribution in [-0.4, -0.2) is 41.1 Å². The maximum Gasteiger partial charge on any atom is 0.223 e. The molecule has 0 radical (unpaired) electrons. The Labute approximate surface area is 141 Å². The van der Waals surface area contributed by atoms with Crippen LogP contribution in [-0.2, 0) is 11.2 Å². The number of hydrogen-bond donors (Lipinski definition) is 2. The molecular formula is C16H22ClFN4O. The number of rotatable bonds is 7. The first-order valence-corrected chi connectivity index (χ1v) is 7.34. The van der Waals surface area contributed by atoms with Gasteiger partial charge in [-0.15, -0.1) is 12.4 Å². The molecule has 0 saturated carbocycles. The number of H-pyrrole nitrogens is 1. The Hall–Kier alpha value is -1.92. The van der Waals surface area contributed by atoms with Gasteiger partial charge in [0.15, 0.2) is 0 Å². The van der Waals surface area contributed by atoms with Crippen molar-refractivity contribution in [2.45, 2.75) is 19.3 Å². The zero-order valence-electron chi connectivity index (χ0n) is 13.1. The van der Waals surface area contributed by atoms with Crippen molar-refractivity contribution in [1.29, 1.82) is 0 Å². The average Bonchev–Trinajstić information content (AvgIpc) is 2.96. The minimum atomic E-state index is -0.276. The predicted octanol–water partition coefficient (Wildman–Crippen LogP) is 2.38. The third-order valence-corrected chi connectivity index (χ3v) is 3.47. The summed E-state index contributed by atoms with van der Waals surface area (Å²) in [6.45, 7) is 1.05. The van der Waals surface area contributed by atoms with Gasteiger partial charge in [-0.1, -0.05) is 12.1 Å². The zero-order chi connectivity index (χ0) is 15.9. The Kier molecular flexibility index (Phi) is 7.71. The van der Waals surface area contributed by atoms with Crippen molar-refractivity contribution in [3.05, 3.63) is 41.8 Å². The number of halogens is 2. The van der Waals surface area contributed by atoms with Gasteiger partial charge < -0.3 is 10.6 Å². The highest BCUT2D eigenvalue weighted by Gasteiger charge is 2.08. The van der Waals surface area contributed by atoms with E-state index in [9.17, 15) is 9.18 Å². The van der Waals surface area contributed by atoms with Gasteiger partial charge in [-0.25, -0.2) is 4.39 Å². The van der Waals surface area contributed by atoms with Crippen LogP contribution in [0, 0.1) is 5.82 Å². The molecule has 126 valence electrons. The van der Waals surface area contributed by atoms with E-state index >= 15 is 0 Å². The molecule has 0 spiro atoms. The zero-order valence-corrected chi connectivity index (χ0v) is 13.9. The SMILES string of the molecule is CN(CCCc1cc(-c2cccc(F)c2)n[nH]1)C(=O)CCN.Cl. The van der Waals surface area contributed by atoms with Gasteiger partial charge >= 0.3 is 0 Å². The molecule has 0 aliphatic rings. The Bertz CT molecular complexity index is 632. The smallest absolute Gasteiger partial charge is 0.223 e. The van der Waals surface area contributed by atoms with Gasteiger partial charge in [-0.3, -0.25) is 9.89 Å². The number of nitrogens with zero attached hydrogens (tertiary/aromatic N) is 2. The molecule has 1 aromatic carbocycles. The monoisotopic (exact) mass is 340 g/mol. The quantitative estimate of drug-likeness (QED) is 0.812. The molecule has 23 heavy (non-hydrogen) atoms. The van der Waals surface area contributed by atoms with Crippen LogP contribution in [0.1, 0.15) is 18.5 Å². The van der Waals surface area contributed by atoms with Crippen molar-refractivity contribution < 1.29 is 9.18 Å². The number of carbonyl (C=O) groups is 1. The molecule has 0 unspecified atom stereocenters. The van der Waals surface area contributed by atoms with E-state index in [0.717, 1.165) is 29.8 Å². The van der Waals surface area contributed by atoms with E-state index < -0.39 is 0 Å². The van der Waals surface area contributed by atoms with Crippen LogP contribution in [0.25, 0.3) is 11.3 Å². The standard InChI is InChI=1S/C16H21FN4O.ClH/c1-21(16(22)7-8-18)9-3-6-14-11-15(20-19-14)12-4-2-5-13(17)10-12;/h2,4-5,10-11H,3,6-9,18H2,1H3,(H,19,20);1H. The minimum Gasteiger partial charge on any atom is -0.346 e. The van der Waals surface area contributed by atoms with Gasteiger partial charge in [-0.05, 0) is 31.0 Å². The molecule has 2 rings (SSSR count). The molecule has 0 aliphatic carbocycles. The fraction of sp³-hybridized carbons (Fsp3) is 0.375. The highest BCUT2D eigenvalue weighted by Crippen LogP contribution is 2.19. The summed E-state index contributed by atoms with van der Waals surface area (Å²) in [5.74, 6) is -0.213. The van der Waals surface area contributed by atoms with E-state index in [1.165, 1.54) is 12.1 Å². The second-order valence-electron chi connectivity index (χ2n) is 5.25. The third kappa shape index (κ3) is 5.65. The molecule has 0 aliphatic heterocycles. The number of aryl methyl sites for hydroxylation is 1. The van der Waals surface area contributed by atoms with Gasteiger partial charge in [0.1, 0.15) is 5.82 Å². The molecule has 1 aromatic heterocycles. The summed E-state index contributed by atoms with van der Waals surface area (Å²) in [5, 5.41) is 7.16. The fourth-order valence-electron chi connectivity index (χ4n) is 2.23. The lowest BCUT2D eigenvalue weighted by Crippen LogP contribution is -2.29. The van der Waals surface area contributed by atoms with Crippen LogP contribution in [0.5, 0.6) is 0 Å². The Balaban J connectivity index is 0.00000264. The summed E-state index contributed by atoms with van der Waals surface area (Å²) in [7, 11) is 1.78. The normalized spacial score (nSPS) is 10.2. The topological polar surface area (TPSA) is 75.0 Å². The van der Waals surface area contributed by atoms with Gasteiger partial charge in [0.2, 0.25) is 5.91 Å². The summed E-state index contributed by atoms with van der Waals surface area (Å²) in [4.78, 5) is 13.3. The average molecular weight is 341 g/mol. The van der Waals surface area contributed by atoms with Crippen LogP contribution >= 0.6 is 12.4 Å². The van der Waals surface area contributed by atoms with E-state index in [1.807, 2.05) is 12.1 Å². The lowest BCUT2D eigenvalue weighted by Gasteiger charge is -2.16. The maximum atomic E-state index is 13.2. The Morgan fingerprint density at radius 2 is 2.17 bits per heavy atom. The second kappa shape index (κ2) is 9.27. The number of benzene rings is 1. The van der Waals surface area contributed by atoms with Crippen molar-refractivity contribution in [1.82, 2.24) is 15.1 Å². The van der Waals surface area contributed by atoms with E-state index in [4.69, 9.17) is 5.73 Å². The molecule has 2 aromatic rings. The molecular weight excluding hydrogens is 319 g/mol. The van der Waals surface area contributed by atoms with Crippen molar-refractivity contribution in [3.8, 4) is 11.3 Å². The summed E-state index contributed by atoms with van der Waals surface area (Å²) < 4.78 is 13.2. The van der Waals surface area contributed by atoms with Gasteiger partial charge in [-0.2, -0.15) is 5.10 Å². The molecule has 1 amide bonds. The number of aromatic nitrogens is 2. The highest BCUT2D eigenvalue weighted by atomic mass is 35.5. The van der Waals surface area contributed by atoms with Crippen LogP contribution in [0.3, 0.4) is 0 Å². The van der Waals surface area contributed by atoms with Crippen LogP contribution in [0.4, 0.5) is 4.39 Å². The minimum absolute atomic E-state index is 0. The van der Waals surface area contributed by atoms with Gasteiger partial charge in [0.05, 0.1) is 5.69 Å². The number of nitrogens with two attached hydrogens (primary N) is 1. The largest absolute Gasteiger partial charge is 0.346 e. The van der Waals surface area contributed by atoms with Crippen molar-refractivity contribution >= 4 is 18.3 Å². The van der Waals surface area contributed by atoms with Crippen molar-refractivity contribution in [3.63, 3.8) is 0 Å². The molecule has 0 bridgehead atoms. The van der Waals surface area contributed by atoms with Crippen molar-refractivity contribution in [2.75, 3.05) is 20.1 Å². The van der Waals surface area contributed by atoms with Gasteiger partial charge in [0.25, 0.3) is 0 Å². The van der Waals surface area contributed by atoms with E-state index in [1.54, 1.807) is 18.0 Å². The maximum absolute atomic E-state index is 13.2. The number of nitrogens with one attached hydrogen (secondary N) is 1.